The SMILES string of the molecule is Cl.O=C1CSC(=O)N1Cc1cccc(C(=O)N2C3CCNCC2CC3)c1. The van der Waals surface area contributed by atoms with E-state index in [1.807, 2.05) is 29.2 Å². The van der Waals surface area contributed by atoms with Crippen molar-refractivity contribution in [3.63, 3.8) is 0 Å². The first-order valence-electron chi connectivity index (χ1n) is 8.73. The third-order valence-electron chi connectivity index (χ3n) is 5.24. The van der Waals surface area contributed by atoms with Gasteiger partial charge in [-0.25, -0.2) is 0 Å². The van der Waals surface area contributed by atoms with Gasteiger partial charge in [-0.15, -0.1) is 12.4 Å². The van der Waals surface area contributed by atoms with Crippen LogP contribution >= 0.6 is 24.2 Å². The summed E-state index contributed by atoms with van der Waals surface area (Å²) in [5, 5.41) is 3.20. The molecule has 2 unspecified atom stereocenters. The second-order valence-corrected chi connectivity index (χ2v) is 7.75. The number of carbonyl (C=O) groups is 3. The zero-order valence-corrected chi connectivity index (χ0v) is 16.0. The number of thioether (sulfide) groups is 1. The lowest BCUT2D eigenvalue weighted by atomic mass is 10.1. The van der Waals surface area contributed by atoms with E-state index in [9.17, 15) is 14.4 Å². The summed E-state index contributed by atoms with van der Waals surface area (Å²) in [6.07, 6.45) is 3.12. The number of nitrogens with one attached hydrogen (secondary N) is 1. The molecule has 1 N–H and O–H groups in total. The fourth-order valence-corrected chi connectivity index (χ4v) is 4.71. The molecule has 26 heavy (non-hydrogen) atoms. The first kappa shape index (κ1) is 19.2. The topological polar surface area (TPSA) is 69.7 Å². The number of fused-ring (bicyclic) bond motifs is 2. The minimum Gasteiger partial charge on any atom is -0.331 e. The lowest BCUT2D eigenvalue weighted by Gasteiger charge is -2.28. The Morgan fingerprint density at radius 3 is 2.77 bits per heavy atom. The highest BCUT2D eigenvalue weighted by Gasteiger charge is 2.38. The number of carbonyl (C=O) groups excluding carboxylic acids is 3. The van der Waals surface area contributed by atoms with Crippen LogP contribution in [0.1, 0.15) is 35.2 Å². The molecule has 3 fully saturated rings. The van der Waals surface area contributed by atoms with Crippen LogP contribution in [0.2, 0.25) is 0 Å². The van der Waals surface area contributed by atoms with Gasteiger partial charge in [0.05, 0.1) is 12.3 Å². The Morgan fingerprint density at radius 2 is 2.00 bits per heavy atom. The molecule has 2 bridgehead atoms. The maximum Gasteiger partial charge on any atom is 0.289 e. The third-order valence-corrected chi connectivity index (χ3v) is 6.10. The van der Waals surface area contributed by atoms with E-state index in [-0.39, 0.29) is 47.8 Å². The van der Waals surface area contributed by atoms with Gasteiger partial charge in [0, 0.05) is 24.2 Å². The second-order valence-electron chi connectivity index (χ2n) is 6.83. The smallest absolute Gasteiger partial charge is 0.289 e. The van der Waals surface area contributed by atoms with Crippen molar-refractivity contribution in [2.75, 3.05) is 18.8 Å². The largest absolute Gasteiger partial charge is 0.331 e. The summed E-state index contributed by atoms with van der Waals surface area (Å²) in [6.45, 7) is 2.05. The summed E-state index contributed by atoms with van der Waals surface area (Å²) in [5.41, 5.74) is 1.46. The van der Waals surface area contributed by atoms with E-state index in [2.05, 4.69) is 5.32 Å². The first-order valence-corrected chi connectivity index (χ1v) is 9.71. The molecule has 0 aliphatic carbocycles. The fourth-order valence-electron chi connectivity index (χ4n) is 3.98. The van der Waals surface area contributed by atoms with Crippen molar-refractivity contribution in [1.29, 1.82) is 0 Å². The molecule has 3 amide bonds. The molecular weight excluding hydrogens is 374 g/mol. The molecule has 0 saturated carbocycles. The number of benzene rings is 1. The lowest BCUT2D eigenvalue weighted by molar-refractivity contribution is -0.125. The van der Waals surface area contributed by atoms with Crippen LogP contribution in [-0.4, -0.2) is 57.8 Å². The van der Waals surface area contributed by atoms with E-state index in [0.717, 1.165) is 49.7 Å². The summed E-state index contributed by atoms with van der Waals surface area (Å²) >= 11 is 1.03. The summed E-state index contributed by atoms with van der Waals surface area (Å²) in [7, 11) is 0. The van der Waals surface area contributed by atoms with Crippen LogP contribution in [0.3, 0.4) is 0 Å². The minimum atomic E-state index is -0.210. The quantitative estimate of drug-likeness (QED) is 0.850. The van der Waals surface area contributed by atoms with Crippen molar-refractivity contribution in [3.05, 3.63) is 35.4 Å². The number of imide groups is 1. The molecule has 0 radical (unpaired) electrons. The summed E-state index contributed by atoms with van der Waals surface area (Å²) < 4.78 is 0. The molecule has 4 rings (SSSR count). The zero-order chi connectivity index (χ0) is 17.4. The summed E-state index contributed by atoms with van der Waals surface area (Å²) in [6, 6.07) is 7.92. The zero-order valence-electron chi connectivity index (χ0n) is 14.3. The van der Waals surface area contributed by atoms with Gasteiger partial charge >= 0.3 is 0 Å². The van der Waals surface area contributed by atoms with Gasteiger partial charge in [-0.05, 0) is 43.5 Å². The van der Waals surface area contributed by atoms with Gasteiger partial charge in [-0.2, -0.15) is 0 Å². The number of nitrogens with zero attached hydrogens (tertiary/aromatic N) is 2. The Bertz CT molecular complexity index is 699. The molecule has 8 heteroatoms. The highest BCUT2D eigenvalue weighted by atomic mass is 35.5. The number of hydrogen-bond acceptors (Lipinski definition) is 5. The number of amides is 3. The Balaban J connectivity index is 0.00000196. The van der Waals surface area contributed by atoms with Crippen molar-refractivity contribution >= 4 is 41.2 Å². The molecule has 0 aromatic heterocycles. The second kappa shape index (κ2) is 7.98. The Morgan fingerprint density at radius 1 is 1.19 bits per heavy atom. The summed E-state index contributed by atoms with van der Waals surface area (Å²) in [4.78, 5) is 39.9. The maximum absolute atomic E-state index is 13.1. The predicted molar refractivity (Wildman–Crippen MR) is 103 cm³/mol. The van der Waals surface area contributed by atoms with Crippen LogP contribution in [-0.2, 0) is 11.3 Å². The van der Waals surface area contributed by atoms with Crippen LogP contribution < -0.4 is 5.32 Å². The monoisotopic (exact) mass is 395 g/mol. The Kier molecular flexibility index (Phi) is 5.89. The van der Waals surface area contributed by atoms with Gasteiger partial charge in [0.25, 0.3) is 11.1 Å². The van der Waals surface area contributed by atoms with E-state index in [4.69, 9.17) is 0 Å². The predicted octanol–water partition coefficient (Wildman–Crippen LogP) is 2.27. The Labute approximate surface area is 163 Å². The number of rotatable bonds is 3. The lowest BCUT2D eigenvalue weighted by Crippen LogP contribution is -2.42. The van der Waals surface area contributed by atoms with Crippen LogP contribution in [0.15, 0.2) is 24.3 Å². The number of halogens is 1. The van der Waals surface area contributed by atoms with Crippen molar-refractivity contribution in [1.82, 2.24) is 15.1 Å². The molecule has 3 aliphatic heterocycles. The molecule has 1 aromatic carbocycles. The van der Waals surface area contributed by atoms with Gasteiger partial charge in [0.15, 0.2) is 0 Å². The van der Waals surface area contributed by atoms with Crippen molar-refractivity contribution in [2.45, 2.75) is 37.9 Å². The number of hydrogen-bond donors (Lipinski definition) is 1. The van der Waals surface area contributed by atoms with Gasteiger partial charge in [0.2, 0.25) is 5.91 Å². The Hall–Kier alpha value is -1.57. The average molecular weight is 396 g/mol. The van der Waals surface area contributed by atoms with Crippen molar-refractivity contribution < 1.29 is 14.4 Å². The average Bonchev–Trinajstić information content (AvgIpc) is 3.06. The normalized spacial score (nSPS) is 25.2. The molecule has 3 heterocycles. The molecule has 2 atom stereocenters. The van der Waals surface area contributed by atoms with Crippen LogP contribution in [0.25, 0.3) is 0 Å². The highest BCUT2D eigenvalue weighted by Crippen LogP contribution is 2.30. The molecular formula is C18H22ClN3O3S. The van der Waals surface area contributed by atoms with Crippen LogP contribution in [0.4, 0.5) is 4.79 Å². The van der Waals surface area contributed by atoms with Gasteiger partial charge in [-0.3, -0.25) is 19.3 Å². The van der Waals surface area contributed by atoms with Crippen molar-refractivity contribution in [3.8, 4) is 0 Å². The highest BCUT2D eigenvalue weighted by molar-refractivity contribution is 8.14. The molecule has 3 saturated heterocycles. The van der Waals surface area contributed by atoms with Gasteiger partial charge in [-0.1, -0.05) is 23.9 Å². The molecule has 6 nitrogen and oxygen atoms in total. The molecule has 140 valence electrons. The van der Waals surface area contributed by atoms with Gasteiger partial charge < -0.3 is 10.2 Å². The first-order chi connectivity index (χ1) is 12.1. The van der Waals surface area contributed by atoms with Crippen molar-refractivity contribution in [2.24, 2.45) is 0 Å². The van der Waals surface area contributed by atoms with E-state index in [1.165, 1.54) is 4.90 Å². The maximum atomic E-state index is 13.1. The van der Waals surface area contributed by atoms with E-state index in [1.54, 1.807) is 0 Å². The van der Waals surface area contributed by atoms with Crippen LogP contribution in [0.5, 0.6) is 0 Å². The third kappa shape index (κ3) is 3.61. The molecule has 1 aromatic rings. The van der Waals surface area contributed by atoms with E-state index >= 15 is 0 Å². The fraction of sp³-hybridized carbons (Fsp3) is 0.500. The van der Waals surface area contributed by atoms with E-state index in [0.29, 0.717) is 11.6 Å². The van der Waals surface area contributed by atoms with Crippen LogP contribution in [0, 0.1) is 0 Å². The molecule has 3 aliphatic rings. The van der Waals surface area contributed by atoms with E-state index < -0.39 is 0 Å². The van der Waals surface area contributed by atoms with Gasteiger partial charge in [0.1, 0.15) is 0 Å². The molecule has 0 spiro atoms. The standard InChI is InChI=1S/C18H21N3O3S.ClH/c22-16-11-25-18(24)20(16)10-12-2-1-3-13(8-12)17(23)21-14-4-5-15(21)9-19-7-6-14;/h1-3,8,14-15,19H,4-7,9-11H2;1H. The minimum absolute atomic E-state index is 0. The summed E-state index contributed by atoms with van der Waals surface area (Å²) in [5.74, 6) is 0.108.